The van der Waals surface area contributed by atoms with E-state index in [1.54, 1.807) is 29.2 Å². The van der Waals surface area contributed by atoms with Crippen molar-refractivity contribution in [1.82, 2.24) is 4.90 Å². The lowest BCUT2D eigenvalue weighted by Gasteiger charge is -2.33. The quantitative estimate of drug-likeness (QED) is 0.678. The van der Waals surface area contributed by atoms with Crippen LogP contribution in [0.1, 0.15) is 37.7 Å². The first kappa shape index (κ1) is 20.3. The first-order chi connectivity index (χ1) is 14.9. The molecule has 2 aliphatic heterocycles. The van der Waals surface area contributed by atoms with E-state index in [0.29, 0.717) is 49.6 Å². The van der Waals surface area contributed by atoms with Crippen LogP contribution in [0.2, 0.25) is 5.02 Å². The molecular weight excluding hydrogens is 419 g/mol. The molecule has 0 aromatic heterocycles. The Morgan fingerprint density at radius 1 is 1.03 bits per heavy atom. The number of halogens is 2. The zero-order valence-electron chi connectivity index (χ0n) is 17.2. The Morgan fingerprint density at radius 2 is 1.81 bits per heavy atom. The fourth-order valence-electron chi connectivity index (χ4n) is 5.39. The molecule has 1 spiro atoms. The summed E-state index contributed by atoms with van der Waals surface area (Å²) in [4.78, 5) is 29.7. The second-order valence-electron chi connectivity index (χ2n) is 8.89. The lowest BCUT2D eigenvalue weighted by molar-refractivity contribution is -0.137. The summed E-state index contributed by atoms with van der Waals surface area (Å²) in [7, 11) is 0. The van der Waals surface area contributed by atoms with E-state index in [1.807, 2.05) is 17.0 Å². The number of benzene rings is 2. The molecule has 5 rings (SSSR count). The molecule has 1 atom stereocenters. The largest absolute Gasteiger partial charge is 0.439 e. The van der Waals surface area contributed by atoms with Gasteiger partial charge in [-0.15, -0.1) is 0 Å². The van der Waals surface area contributed by atoms with E-state index in [1.165, 1.54) is 12.1 Å². The number of ether oxygens (including phenoxy) is 1. The van der Waals surface area contributed by atoms with E-state index in [2.05, 4.69) is 0 Å². The third kappa shape index (κ3) is 3.47. The molecule has 2 heterocycles. The Morgan fingerprint density at radius 3 is 2.55 bits per heavy atom. The summed E-state index contributed by atoms with van der Waals surface area (Å²) in [5.74, 6) is -0.305. The van der Waals surface area contributed by atoms with Crippen molar-refractivity contribution in [3.8, 4) is 0 Å². The molecule has 2 aromatic rings. The van der Waals surface area contributed by atoms with Crippen LogP contribution in [0, 0.1) is 5.82 Å². The van der Waals surface area contributed by atoms with Crippen molar-refractivity contribution in [3.63, 3.8) is 0 Å². The van der Waals surface area contributed by atoms with Crippen molar-refractivity contribution < 1.29 is 18.7 Å². The minimum atomic E-state index is -0.725. The third-order valence-corrected chi connectivity index (χ3v) is 7.17. The van der Waals surface area contributed by atoms with E-state index in [0.717, 1.165) is 18.4 Å². The summed E-state index contributed by atoms with van der Waals surface area (Å²) in [6.45, 7) is 1.25. The van der Waals surface area contributed by atoms with Gasteiger partial charge in [-0.25, -0.2) is 9.18 Å². The van der Waals surface area contributed by atoms with Gasteiger partial charge in [-0.3, -0.25) is 9.69 Å². The highest BCUT2D eigenvalue weighted by Crippen LogP contribution is 2.45. The lowest BCUT2D eigenvalue weighted by Crippen LogP contribution is -2.47. The predicted octanol–water partition coefficient (Wildman–Crippen LogP) is 4.92. The molecular formula is C24H24ClFN2O3. The molecule has 162 valence electrons. The van der Waals surface area contributed by atoms with Crippen molar-refractivity contribution in [2.75, 3.05) is 24.5 Å². The molecule has 5 nitrogen and oxygen atoms in total. The molecule has 3 fully saturated rings. The number of carbonyl (C=O) groups is 2. The van der Waals surface area contributed by atoms with E-state index in [9.17, 15) is 14.0 Å². The summed E-state index contributed by atoms with van der Waals surface area (Å²) in [6.07, 6.45) is 3.48. The Labute approximate surface area is 185 Å². The van der Waals surface area contributed by atoms with Crippen LogP contribution in [0.4, 0.5) is 14.9 Å². The van der Waals surface area contributed by atoms with Crippen LogP contribution < -0.4 is 4.90 Å². The predicted molar refractivity (Wildman–Crippen MR) is 116 cm³/mol. The van der Waals surface area contributed by atoms with Crippen molar-refractivity contribution in [3.05, 3.63) is 64.9 Å². The molecule has 1 saturated carbocycles. The maximum Gasteiger partial charge on any atom is 0.415 e. The topological polar surface area (TPSA) is 49.9 Å². The number of anilines is 1. The molecule has 3 aliphatic rings. The number of hydrogen-bond acceptors (Lipinski definition) is 3. The van der Waals surface area contributed by atoms with Crippen molar-refractivity contribution >= 4 is 29.3 Å². The van der Waals surface area contributed by atoms with Gasteiger partial charge < -0.3 is 9.64 Å². The number of nitrogens with zero attached hydrogens (tertiary/aromatic N) is 2. The Hall–Kier alpha value is -2.60. The average Bonchev–Trinajstić information content (AvgIpc) is 3.47. The molecule has 1 unspecified atom stereocenters. The maximum atomic E-state index is 14.0. The molecule has 7 heteroatoms. The number of rotatable bonds is 3. The summed E-state index contributed by atoms with van der Waals surface area (Å²) < 4.78 is 19.8. The van der Waals surface area contributed by atoms with Gasteiger partial charge in [0.2, 0.25) is 5.91 Å². The first-order valence-corrected chi connectivity index (χ1v) is 11.1. The molecule has 1 aliphatic carbocycles. The van der Waals surface area contributed by atoms with Crippen LogP contribution in [0.15, 0.2) is 48.5 Å². The van der Waals surface area contributed by atoms with Crippen LogP contribution >= 0.6 is 11.6 Å². The molecule has 2 amide bonds. The van der Waals surface area contributed by atoms with Gasteiger partial charge in [-0.05, 0) is 48.7 Å². The molecule has 0 bridgehead atoms. The summed E-state index contributed by atoms with van der Waals surface area (Å²) in [5.41, 5.74) is 0.0192. The molecule has 0 radical (unpaired) electrons. The number of amides is 2. The van der Waals surface area contributed by atoms with E-state index in [-0.39, 0.29) is 11.7 Å². The molecule has 31 heavy (non-hydrogen) atoms. The minimum absolute atomic E-state index is 0.0183. The monoisotopic (exact) mass is 442 g/mol. The second kappa shape index (κ2) is 7.52. The van der Waals surface area contributed by atoms with Crippen molar-refractivity contribution in [1.29, 1.82) is 0 Å². The van der Waals surface area contributed by atoms with Gasteiger partial charge in [0.25, 0.3) is 0 Å². The normalized spacial score (nSPS) is 24.8. The van der Waals surface area contributed by atoms with Crippen LogP contribution in [0.3, 0.4) is 0 Å². The number of carbonyl (C=O) groups excluding carboxylic acids is 2. The van der Waals surface area contributed by atoms with E-state index < -0.39 is 17.1 Å². The van der Waals surface area contributed by atoms with Crippen LogP contribution in [0.25, 0.3) is 0 Å². The van der Waals surface area contributed by atoms with Crippen LogP contribution in [-0.4, -0.2) is 42.1 Å². The smallest absolute Gasteiger partial charge is 0.415 e. The van der Waals surface area contributed by atoms with E-state index >= 15 is 0 Å². The highest BCUT2D eigenvalue weighted by Gasteiger charge is 2.54. The number of hydrogen-bond donors (Lipinski definition) is 0. The standard InChI is InChI=1S/C24H24ClFN2O3/c25-18-6-4-8-20(14-18)28-16-23(31-22(28)30)11-12-27(15-23)21(29)24(9-1-2-10-24)17-5-3-7-19(26)13-17/h3-8,13-14H,1-2,9-12,15-16H2. The highest BCUT2D eigenvalue weighted by atomic mass is 35.5. The van der Waals surface area contributed by atoms with Gasteiger partial charge in [0.1, 0.15) is 5.82 Å². The fraction of sp³-hybridized carbons (Fsp3) is 0.417. The molecule has 2 aromatic carbocycles. The summed E-state index contributed by atoms with van der Waals surface area (Å²) in [6, 6.07) is 13.5. The molecule has 2 saturated heterocycles. The SMILES string of the molecule is O=C1OC2(CCN(C(=O)C3(c4cccc(F)c4)CCCC3)C2)CN1c1cccc(Cl)c1. The molecule has 0 N–H and O–H groups in total. The highest BCUT2D eigenvalue weighted by molar-refractivity contribution is 6.30. The lowest BCUT2D eigenvalue weighted by atomic mass is 9.77. The van der Waals surface area contributed by atoms with Gasteiger partial charge in [0.05, 0.1) is 18.5 Å². The van der Waals surface area contributed by atoms with Gasteiger partial charge in [0.15, 0.2) is 5.60 Å². The summed E-state index contributed by atoms with van der Waals surface area (Å²) >= 11 is 6.09. The first-order valence-electron chi connectivity index (χ1n) is 10.7. The zero-order valence-corrected chi connectivity index (χ0v) is 17.9. The van der Waals surface area contributed by atoms with Gasteiger partial charge in [-0.2, -0.15) is 0 Å². The summed E-state index contributed by atoms with van der Waals surface area (Å²) in [5, 5.41) is 0.549. The van der Waals surface area contributed by atoms with Crippen LogP contribution in [0.5, 0.6) is 0 Å². The van der Waals surface area contributed by atoms with Crippen molar-refractivity contribution in [2.24, 2.45) is 0 Å². The van der Waals surface area contributed by atoms with Crippen LogP contribution in [-0.2, 0) is 14.9 Å². The second-order valence-corrected chi connectivity index (χ2v) is 9.33. The zero-order chi connectivity index (χ0) is 21.6. The van der Waals surface area contributed by atoms with Gasteiger partial charge in [-0.1, -0.05) is 42.6 Å². The Kier molecular flexibility index (Phi) is 4.93. The van der Waals surface area contributed by atoms with E-state index in [4.69, 9.17) is 16.3 Å². The fourth-order valence-corrected chi connectivity index (χ4v) is 5.57. The van der Waals surface area contributed by atoms with Crippen molar-refractivity contribution in [2.45, 2.75) is 43.1 Å². The van der Waals surface area contributed by atoms with Gasteiger partial charge >= 0.3 is 6.09 Å². The Bertz CT molecular complexity index is 1040. The maximum absolute atomic E-state index is 14.0. The average molecular weight is 443 g/mol. The van der Waals surface area contributed by atoms with Gasteiger partial charge in [0, 0.05) is 23.7 Å². The minimum Gasteiger partial charge on any atom is -0.439 e. The number of likely N-dealkylation sites (tertiary alicyclic amines) is 1. The third-order valence-electron chi connectivity index (χ3n) is 6.94. The Balaban J connectivity index is 1.37.